The largest absolute Gasteiger partial charge is 0.394 e. The highest BCUT2D eigenvalue weighted by molar-refractivity contribution is 6.30. The number of carbonyl (C=O) groups is 12. The van der Waals surface area contributed by atoms with Gasteiger partial charge in [0, 0.05) is 93.2 Å². The molecule has 590 valence electrons. The lowest BCUT2D eigenvalue weighted by atomic mass is 9.99. The van der Waals surface area contributed by atoms with Crippen LogP contribution in [-0.4, -0.2) is 172 Å². The Morgan fingerprint density at radius 2 is 0.955 bits per heavy atom. The van der Waals surface area contributed by atoms with Crippen molar-refractivity contribution in [2.45, 2.75) is 205 Å². The van der Waals surface area contributed by atoms with Crippen molar-refractivity contribution in [1.82, 2.24) is 63.1 Å². The third-order valence-electron chi connectivity index (χ3n) is 18.4. The summed E-state index contributed by atoms with van der Waals surface area (Å²) in [4.78, 5) is 176. The highest BCUT2D eigenvalue weighted by Gasteiger charge is 2.40. The molecule has 10 atom stereocenters. The van der Waals surface area contributed by atoms with Gasteiger partial charge in [0.25, 0.3) is 0 Å². The minimum absolute atomic E-state index is 0.0335. The predicted molar refractivity (Wildman–Crippen MR) is 420 cm³/mol. The van der Waals surface area contributed by atoms with Crippen LogP contribution in [0, 0.1) is 5.92 Å². The van der Waals surface area contributed by atoms with E-state index in [0.29, 0.717) is 76.4 Å². The second-order valence-electron chi connectivity index (χ2n) is 28.5. The van der Waals surface area contributed by atoms with Crippen LogP contribution in [0.15, 0.2) is 140 Å². The maximum Gasteiger partial charge on any atom is 0.245 e. The molecule has 1 aromatic heterocycles. The molecule has 12 amide bonds. The molecule has 7 rings (SSSR count). The number of fused-ring (bicyclic) bond motifs is 1. The Kier molecular flexibility index (Phi) is 34.2. The molecule has 0 unspecified atom stereocenters. The van der Waals surface area contributed by atoms with Crippen LogP contribution in [0.5, 0.6) is 0 Å². The van der Waals surface area contributed by atoms with Gasteiger partial charge in [-0.1, -0.05) is 138 Å². The van der Waals surface area contributed by atoms with Crippen LogP contribution in [0.4, 0.5) is 11.4 Å². The summed E-state index contributed by atoms with van der Waals surface area (Å²) in [5.41, 5.74) is 9.40. The van der Waals surface area contributed by atoms with E-state index in [1.165, 1.54) is 24.2 Å². The summed E-state index contributed by atoms with van der Waals surface area (Å²) in [5, 5.41) is 47.0. The number of anilines is 2. The van der Waals surface area contributed by atoms with Gasteiger partial charge in [0.2, 0.25) is 70.9 Å². The number of nitrogens with zero attached hydrogens (tertiary/aromatic N) is 2. The normalized spacial score (nSPS) is 15.1. The zero-order chi connectivity index (χ0) is 80.0. The maximum absolute atomic E-state index is 15.4. The quantitative estimate of drug-likeness (QED) is 0.0184. The van der Waals surface area contributed by atoms with Gasteiger partial charge in [-0.15, -0.1) is 0 Å². The van der Waals surface area contributed by atoms with Gasteiger partial charge in [0.15, 0.2) is 0 Å². The number of nitrogens with two attached hydrogens (primary N) is 1. The molecule has 0 bridgehead atoms. The molecule has 1 aliphatic heterocycles. The van der Waals surface area contributed by atoms with E-state index in [9.17, 15) is 53.1 Å². The Bertz CT molecular complexity index is 4110. The molecular formula is C81H106ClN15O13. The van der Waals surface area contributed by atoms with Crippen LogP contribution in [-0.2, 0) is 89.6 Å². The Labute approximate surface area is 647 Å². The Hall–Kier alpha value is -10.7. The van der Waals surface area contributed by atoms with E-state index in [2.05, 4.69) is 68.8 Å². The van der Waals surface area contributed by atoms with Gasteiger partial charge < -0.3 is 79.5 Å². The number of rotatable bonds is 41. The van der Waals surface area contributed by atoms with Gasteiger partial charge in [-0.3, -0.25) is 62.5 Å². The Morgan fingerprint density at radius 1 is 0.509 bits per heavy atom. The third kappa shape index (κ3) is 28.1. The average Bonchev–Trinajstić information content (AvgIpc) is 1.16. The number of nitrogens with one attached hydrogen (secondary N) is 12. The molecule has 5 aromatic carbocycles. The number of hydrogen-bond acceptors (Lipinski definition) is 16. The van der Waals surface area contributed by atoms with Gasteiger partial charge >= 0.3 is 0 Å². The first-order valence-electron chi connectivity index (χ1n) is 37.6. The van der Waals surface area contributed by atoms with Crippen molar-refractivity contribution in [2.24, 2.45) is 11.7 Å². The number of aliphatic hydroxyl groups is 1. The van der Waals surface area contributed by atoms with Gasteiger partial charge in [0.1, 0.15) is 54.4 Å². The summed E-state index contributed by atoms with van der Waals surface area (Å²) < 4.78 is 0. The standard InChI is InChI=1S/C81H106ClN15O13/c1-9-71(100)88-60-32-25-53(26-33-60)42-66(75(104)91-63(39-48(3)4)73(102)90-62(20-13-14-37-85-49(5)6)81(110)97-38-16-21-70(97)80(109)86-50(7)83)93-77(106)67(43-54-27-34-61(35-28-54)89-72(101)10-2)95-79(108)69(47-98)96-78(107)68(45-56-17-15-36-84-46-56)94-76(105)65(41-52-23-30-59(82)31-24-52)92-74(103)64(87-51(8)99)44-55-22-29-57-18-11-12-19-58(57)40-55/h11-12,15,17-19,22-36,40,46,48-50,62-70,85,98H,9-10,13-14,16,20-21,37-39,41-45,47,83H2,1-8H3,(H,86,109)(H,87,99)(H,88,100)(H,89,101)(H,90,102)(H,91,104)(H,92,103)(H,93,106)(H,94,105)(H,95,108)(H,96,107)/t50-,62+,63+,64-,65-,66-,67+,68-,69+,70+/m1/s1. The fourth-order valence-corrected chi connectivity index (χ4v) is 12.8. The molecule has 29 heteroatoms. The molecule has 28 nitrogen and oxygen atoms in total. The third-order valence-corrected chi connectivity index (χ3v) is 18.7. The number of aliphatic hydroxyl groups excluding tert-OH is 1. The maximum atomic E-state index is 15.4. The van der Waals surface area contributed by atoms with Crippen molar-refractivity contribution in [2.75, 3.05) is 30.3 Å². The van der Waals surface area contributed by atoms with E-state index in [1.54, 1.807) is 106 Å². The van der Waals surface area contributed by atoms with Crippen molar-refractivity contribution in [3.05, 3.63) is 173 Å². The lowest BCUT2D eigenvalue weighted by Crippen LogP contribution is -2.62. The summed E-state index contributed by atoms with van der Waals surface area (Å²) in [7, 11) is 0. The summed E-state index contributed by atoms with van der Waals surface area (Å²) in [6, 6.07) is 23.6. The zero-order valence-corrected chi connectivity index (χ0v) is 64.5. The van der Waals surface area contributed by atoms with E-state index in [-0.39, 0.29) is 88.1 Å². The highest BCUT2D eigenvalue weighted by atomic mass is 35.5. The molecule has 0 aliphatic carbocycles. The van der Waals surface area contributed by atoms with E-state index in [0.717, 1.165) is 10.8 Å². The molecule has 0 spiro atoms. The van der Waals surface area contributed by atoms with Crippen molar-refractivity contribution >= 4 is 105 Å². The molecule has 1 aliphatic rings. The Balaban J connectivity index is 1.19. The predicted octanol–water partition coefficient (Wildman–Crippen LogP) is 4.62. The van der Waals surface area contributed by atoms with E-state index < -0.39 is 126 Å². The van der Waals surface area contributed by atoms with Crippen LogP contribution >= 0.6 is 11.6 Å². The number of amides is 12. The first kappa shape index (κ1) is 86.6. The lowest BCUT2D eigenvalue weighted by Gasteiger charge is -2.31. The van der Waals surface area contributed by atoms with Gasteiger partial charge in [-0.05, 0) is 139 Å². The first-order valence-corrected chi connectivity index (χ1v) is 38.0. The minimum Gasteiger partial charge on any atom is -0.394 e. The Morgan fingerprint density at radius 3 is 1.43 bits per heavy atom. The molecule has 1 fully saturated rings. The van der Waals surface area contributed by atoms with Gasteiger partial charge in [-0.2, -0.15) is 0 Å². The molecular weight excluding hydrogens is 1430 g/mol. The van der Waals surface area contributed by atoms with Crippen LogP contribution in [0.3, 0.4) is 0 Å². The van der Waals surface area contributed by atoms with Gasteiger partial charge in [-0.25, -0.2) is 0 Å². The lowest BCUT2D eigenvalue weighted by molar-refractivity contribution is -0.142. The van der Waals surface area contributed by atoms with Crippen LogP contribution < -0.4 is 69.5 Å². The van der Waals surface area contributed by atoms with Crippen molar-refractivity contribution in [3.8, 4) is 0 Å². The molecule has 0 saturated carbocycles. The number of pyridine rings is 1. The van der Waals surface area contributed by atoms with Crippen LogP contribution in [0.25, 0.3) is 10.8 Å². The molecule has 6 aromatic rings. The zero-order valence-electron chi connectivity index (χ0n) is 63.7. The van der Waals surface area contributed by atoms with E-state index in [4.69, 9.17) is 17.3 Å². The second-order valence-corrected chi connectivity index (χ2v) is 28.9. The van der Waals surface area contributed by atoms with Crippen molar-refractivity contribution < 1.29 is 62.6 Å². The summed E-state index contributed by atoms with van der Waals surface area (Å²) >= 11 is 6.27. The van der Waals surface area contributed by atoms with E-state index >= 15 is 9.59 Å². The fraction of sp³-hybridized carbons (Fsp3) is 0.444. The van der Waals surface area contributed by atoms with Crippen LogP contribution in [0.2, 0.25) is 5.02 Å². The minimum atomic E-state index is -1.84. The molecule has 0 radical (unpaired) electrons. The number of aromatic nitrogens is 1. The summed E-state index contributed by atoms with van der Waals surface area (Å²) in [5.74, 6) is -8.41. The highest BCUT2D eigenvalue weighted by Crippen LogP contribution is 2.23. The molecule has 2 heterocycles. The summed E-state index contributed by atoms with van der Waals surface area (Å²) in [6.07, 6.45) is 4.03. The van der Waals surface area contributed by atoms with Crippen molar-refractivity contribution in [1.29, 1.82) is 0 Å². The topological polar surface area (TPSA) is 412 Å². The van der Waals surface area contributed by atoms with Crippen molar-refractivity contribution in [3.63, 3.8) is 0 Å². The van der Waals surface area contributed by atoms with E-state index in [1.807, 2.05) is 70.2 Å². The number of hydrogen-bond donors (Lipinski definition) is 14. The number of unbranched alkanes of at least 4 members (excludes halogenated alkanes) is 1. The molecule has 1 saturated heterocycles. The smallest absolute Gasteiger partial charge is 0.245 e. The number of benzene rings is 5. The van der Waals surface area contributed by atoms with Gasteiger partial charge in [0.05, 0.1) is 12.8 Å². The number of halogens is 1. The van der Waals surface area contributed by atoms with Crippen LogP contribution in [0.1, 0.15) is 135 Å². The number of likely N-dealkylation sites (tertiary alicyclic amines) is 1. The first-order chi connectivity index (χ1) is 52.6. The molecule has 15 N–H and O–H groups in total. The molecule has 110 heavy (non-hydrogen) atoms. The SMILES string of the molecule is CCC(=O)Nc1ccc(C[C@H](NC(=O)[C@H](CO)NC(=O)[C@@H](Cc2cccnc2)NC(=O)[C@@H](Cc2ccc(Cl)cc2)NC(=O)[C@@H](Cc2ccc3ccccc3c2)NC(C)=O)C(=O)N[C@H](Cc2ccc(NC(=O)CC)cc2)C(=O)N[C@@H](CC(C)C)C(=O)N[C@@H](CCCCNC(C)C)C(=O)N2CCC[C@H]2C(=O)N[C@H](C)N)cc1. The average molecular weight is 1530 g/mol. The number of carbonyl (C=O) groups excluding carboxylic acids is 12. The summed E-state index contributed by atoms with van der Waals surface area (Å²) in [6.45, 7) is 13.7. The monoisotopic (exact) mass is 1530 g/mol. The second kappa shape index (κ2) is 43.5. The fourth-order valence-electron chi connectivity index (χ4n) is 12.7.